The molecule has 2 amide bonds. The summed E-state index contributed by atoms with van der Waals surface area (Å²) in [6.45, 7) is 6.60. The van der Waals surface area contributed by atoms with Gasteiger partial charge in [0.05, 0.1) is 17.1 Å². The Bertz CT molecular complexity index is 1180. The molecule has 4 nitrogen and oxygen atoms in total. The first kappa shape index (κ1) is 22.9. The number of fused-ring (bicyclic) bond motifs is 1. The zero-order chi connectivity index (χ0) is 23.4. The fourth-order valence-electron chi connectivity index (χ4n) is 3.59. The van der Waals surface area contributed by atoms with Crippen LogP contribution in [0.25, 0.3) is 6.08 Å². The van der Waals surface area contributed by atoms with Crippen molar-refractivity contribution >= 4 is 35.3 Å². The molecule has 0 saturated heterocycles. The third-order valence-corrected chi connectivity index (χ3v) is 6.83. The van der Waals surface area contributed by atoms with Crippen LogP contribution in [0.1, 0.15) is 47.3 Å². The average Bonchev–Trinajstić information content (AvgIpc) is 2.83. The minimum absolute atomic E-state index is 0.0159. The number of rotatable bonds is 6. The van der Waals surface area contributed by atoms with Crippen molar-refractivity contribution in [3.05, 3.63) is 100.0 Å². The maximum absolute atomic E-state index is 13.5. The van der Waals surface area contributed by atoms with Crippen LogP contribution in [0.15, 0.2) is 82.6 Å². The summed E-state index contributed by atoms with van der Waals surface area (Å²) in [5.74, 6) is -0.0947. The summed E-state index contributed by atoms with van der Waals surface area (Å²) < 4.78 is 0. The average molecular weight is 457 g/mol. The first-order valence-electron chi connectivity index (χ1n) is 11.2. The summed E-state index contributed by atoms with van der Waals surface area (Å²) in [5.41, 5.74) is 4.72. The van der Waals surface area contributed by atoms with Crippen LogP contribution in [0, 0.1) is 6.92 Å². The van der Waals surface area contributed by atoms with E-state index in [4.69, 9.17) is 0 Å². The van der Waals surface area contributed by atoms with Gasteiger partial charge in [0.25, 0.3) is 11.8 Å². The minimum atomic E-state index is -0.0788. The van der Waals surface area contributed by atoms with E-state index >= 15 is 0 Å². The number of nitrogens with one attached hydrogen (secondary N) is 1. The minimum Gasteiger partial charge on any atom is -0.350 e. The van der Waals surface area contributed by atoms with Crippen molar-refractivity contribution in [3.63, 3.8) is 0 Å². The van der Waals surface area contributed by atoms with E-state index in [1.807, 2.05) is 61.2 Å². The van der Waals surface area contributed by atoms with Crippen molar-refractivity contribution in [2.75, 3.05) is 4.90 Å². The van der Waals surface area contributed by atoms with E-state index in [1.165, 1.54) is 17.3 Å². The van der Waals surface area contributed by atoms with E-state index < -0.39 is 0 Å². The van der Waals surface area contributed by atoms with Gasteiger partial charge >= 0.3 is 0 Å². The maximum atomic E-state index is 13.5. The SMILES string of the molecule is CC[C@@H](C)NC(=O)c1ccc(/C=C2/Sc3ccccc3N(Cc3ccc(C)cc3)C2=O)cc1. The van der Waals surface area contributed by atoms with Crippen molar-refractivity contribution in [3.8, 4) is 0 Å². The van der Waals surface area contributed by atoms with E-state index in [1.54, 1.807) is 12.1 Å². The topological polar surface area (TPSA) is 49.4 Å². The number of hydrogen-bond acceptors (Lipinski definition) is 3. The van der Waals surface area contributed by atoms with Gasteiger partial charge in [-0.1, -0.05) is 72.8 Å². The Morgan fingerprint density at radius 3 is 2.42 bits per heavy atom. The molecule has 1 atom stereocenters. The number of para-hydroxylation sites is 1. The first-order valence-corrected chi connectivity index (χ1v) is 12.0. The van der Waals surface area contributed by atoms with Crippen molar-refractivity contribution in [2.24, 2.45) is 0 Å². The molecule has 0 spiro atoms. The predicted octanol–water partition coefficient (Wildman–Crippen LogP) is 6.20. The third-order valence-electron chi connectivity index (χ3n) is 5.75. The summed E-state index contributed by atoms with van der Waals surface area (Å²) >= 11 is 1.49. The van der Waals surface area contributed by atoms with Gasteiger partial charge in [0.15, 0.2) is 0 Å². The number of carbonyl (C=O) groups is 2. The Kier molecular flexibility index (Phi) is 6.99. The first-order chi connectivity index (χ1) is 15.9. The molecular formula is C28H28N2O2S. The second kappa shape index (κ2) is 10.1. The van der Waals surface area contributed by atoms with Gasteiger partial charge < -0.3 is 10.2 Å². The van der Waals surface area contributed by atoms with E-state index in [9.17, 15) is 9.59 Å². The fraction of sp³-hybridized carbons (Fsp3) is 0.214. The highest BCUT2D eigenvalue weighted by Gasteiger charge is 2.29. The molecule has 1 aliphatic heterocycles. The Balaban J connectivity index is 1.59. The zero-order valence-electron chi connectivity index (χ0n) is 19.2. The van der Waals surface area contributed by atoms with Gasteiger partial charge in [-0.05, 0) is 61.7 Å². The molecule has 168 valence electrons. The monoisotopic (exact) mass is 456 g/mol. The second-order valence-corrected chi connectivity index (χ2v) is 9.44. The van der Waals surface area contributed by atoms with Crippen LogP contribution in [-0.2, 0) is 11.3 Å². The Morgan fingerprint density at radius 1 is 1.03 bits per heavy atom. The van der Waals surface area contributed by atoms with Gasteiger partial charge in [-0.3, -0.25) is 9.59 Å². The van der Waals surface area contributed by atoms with Crippen molar-refractivity contribution in [2.45, 2.75) is 44.7 Å². The molecule has 1 heterocycles. The van der Waals surface area contributed by atoms with E-state index in [0.717, 1.165) is 28.1 Å². The summed E-state index contributed by atoms with van der Waals surface area (Å²) in [6.07, 6.45) is 2.79. The van der Waals surface area contributed by atoms with Crippen LogP contribution in [-0.4, -0.2) is 17.9 Å². The molecule has 3 aromatic carbocycles. The molecule has 4 rings (SSSR count). The molecule has 5 heteroatoms. The molecule has 0 aromatic heterocycles. The molecule has 0 radical (unpaired) electrons. The largest absolute Gasteiger partial charge is 0.350 e. The van der Waals surface area contributed by atoms with Gasteiger partial charge in [-0.15, -0.1) is 0 Å². The number of hydrogen-bond donors (Lipinski definition) is 1. The van der Waals surface area contributed by atoms with E-state index in [-0.39, 0.29) is 17.9 Å². The van der Waals surface area contributed by atoms with Crippen LogP contribution >= 0.6 is 11.8 Å². The molecule has 1 aliphatic rings. The number of anilines is 1. The molecule has 0 bridgehead atoms. The van der Waals surface area contributed by atoms with Crippen LogP contribution < -0.4 is 10.2 Å². The van der Waals surface area contributed by atoms with Crippen LogP contribution in [0.5, 0.6) is 0 Å². The van der Waals surface area contributed by atoms with Crippen molar-refractivity contribution in [1.82, 2.24) is 5.32 Å². The number of nitrogens with zero attached hydrogens (tertiary/aromatic N) is 1. The molecule has 0 unspecified atom stereocenters. The molecular weight excluding hydrogens is 428 g/mol. The van der Waals surface area contributed by atoms with Gasteiger partial charge in [-0.25, -0.2) is 0 Å². The van der Waals surface area contributed by atoms with Gasteiger partial charge in [0.2, 0.25) is 0 Å². The number of aryl methyl sites for hydroxylation is 1. The lowest BCUT2D eigenvalue weighted by Gasteiger charge is -2.30. The third kappa shape index (κ3) is 5.37. The van der Waals surface area contributed by atoms with Gasteiger partial charge in [-0.2, -0.15) is 0 Å². The summed E-state index contributed by atoms with van der Waals surface area (Å²) in [4.78, 5) is 29.4. The standard InChI is InChI=1S/C28H28N2O2S/c1-4-20(3)29-27(31)23-15-13-21(14-16-23)17-26-28(32)30(18-22-11-9-19(2)10-12-22)24-7-5-6-8-25(24)33-26/h5-17,20H,4,18H2,1-3H3,(H,29,31)/b26-17+/t20-/m1/s1. The Morgan fingerprint density at radius 2 is 1.73 bits per heavy atom. The molecule has 0 fully saturated rings. The lowest BCUT2D eigenvalue weighted by molar-refractivity contribution is -0.114. The van der Waals surface area contributed by atoms with Crippen LogP contribution in [0.2, 0.25) is 0 Å². The molecule has 3 aromatic rings. The smallest absolute Gasteiger partial charge is 0.265 e. The number of amides is 2. The zero-order valence-corrected chi connectivity index (χ0v) is 20.0. The predicted molar refractivity (Wildman–Crippen MR) is 136 cm³/mol. The van der Waals surface area contributed by atoms with Crippen molar-refractivity contribution < 1.29 is 9.59 Å². The van der Waals surface area contributed by atoms with Gasteiger partial charge in [0.1, 0.15) is 0 Å². The maximum Gasteiger partial charge on any atom is 0.265 e. The highest BCUT2D eigenvalue weighted by molar-refractivity contribution is 8.04. The van der Waals surface area contributed by atoms with E-state index in [2.05, 4.69) is 36.5 Å². The fourth-order valence-corrected chi connectivity index (χ4v) is 4.65. The Labute approximate surface area is 199 Å². The molecule has 0 saturated carbocycles. The van der Waals surface area contributed by atoms with Crippen LogP contribution in [0.3, 0.4) is 0 Å². The van der Waals surface area contributed by atoms with Gasteiger partial charge in [0, 0.05) is 16.5 Å². The van der Waals surface area contributed by atoms with Crippen LogP contribution in [0.4, 0.5) is 5.69 Å². The highest BCUT2D eigenvalue weighted by Crippen LogP contribution is 2.42. The summed E-state index contributed by atoms with van der Waals surface area (Å²) in [5, 5.41) is 2.98. The normalized spacial score (nSPS) is 15.3. The lowest BCUT2D eigenvalue weighted by Crippen LogP contribution is -2.33. The van der Waals surface area contributed by atoms with E-state index in [0.29, 0.717) is 17.0 Å². The lowest BCUT2D eigenvalue weighted by atomic mass is 10.1. The quantitative estimate of drug-likeness (QED) is 0.449. The molecule has 0 aliphatic carbocycles. The number of carbonyl (C=O) groups excluding carboxylic acids is 2. The number of benzene rings is 3. The highest BCUT2D eigenvalue weighted by atomic mass is 32.2. The molecule has 33 heavy (non-hydrogen) atoms. The Hall–Kier alpha value is -3.31. The number of thioether (sulfide) groups is 1. The van der Waals surface area contributed by atoms with Crippen molar-refractivity contribution in [1.29, 1.82) is 0 Å². The summed E-state index contributed by atoms with van der Waals surface area (Å²) in [6, 6.07) is 23.8. The summed E-state index contributed by atoms with van der Waals surface area (Å²) in [7, 11) is 0. The molecule has 1 N–H and O–H groups in total. The second-order valence-electron chi connectivity index (χ2n) is 8.36.